The van der Waals surface area contributed by atoms with Gasteiger partial charge in [-0.2, -0.15) is 0 Å². The maximum Gasteiger partial charge on any atom is 0.0362 e. The van der Waals surface area contributed by atoms with Crippen LogP contribution in [-0.4, -0.2) is 30.1 Å². The molecule has 2 N–H and O–H groups in total. The topological polar surface area (TPSA) is 29.3 Å². The average molecular weight is 238 g/mol. The Morgan fingerprint density at radius 2 is 1.94 bits per heavy atom. The average Bonchev–Trinajstić information content (AvgIpc) is 3.02. The van der Waals surface area contributed by atoms with Crippen molar-refractivity contribution in [1.29, 1.82) is 0 Å². The van der Waals surface area contributed by atoms with E-state index >= 15 is 0 Å². The lowest BCUT2D eigenvalue weighted by atomic mass is 9.84. The maximum atomic E-state index is 6.21. The van der Waals surface area contributed by atoms with E-state index in [0.29, 0.717) is 5.41 Å². The molecule has 2 rings (SSSR count). The summed E-state index contributed by atoms with van der Waals surface area (Å²) in [5, 5.41) is 0. The second-order valence-electron chi connectivity index (χ2n) is 7.24. The number of nitrogens with zero attached hydrogens (tertiary/aromatic N) is 1. The van der Waals surface area contributed by atoms with Gasteiger partial charge >= 0.3 is 0 Å². The number of rotatable bonds is 5. The fourth-order valence-electron chi connectivity index (χ4n) is 4.16. The number of likely N-dealkylation sites (N-methyl/N-ethyl adjacent to an activating group) is 1. The van der Waals surface area contributed by atoms with E-state index in [9.17, 15) is 0 Å². The summed E-state index contributed by atoms with van der Waals surface area (Å²) in [4.78, 5) is 2.71. The van der Waals surface area contributed by atoms with Gasteiger partial charge in [-0.05, 0) is 49.5 Å². The molecule has 0 aromatic rings. The van der Waals surface area contributed by atoms with Gasteiger partial charge in [0.05, 0.1) is 0 Å². The molecule has 0 aromatic heterocycles. The van der Waals surface area contributed by atoms with Crippen molar-refractivity contribution in [3.05, 3.63) is 0 Å². The minimum atomic E-state index is 0.279. The predicted octanol–water partition coefficient (Wildman–Crippen LogP) is 2.87. The van der Waals surface area contributed by atoms with Crippen molar-refractivity contribution in [2.45, 2.75) is 58.9 Å². The minimum Gasteiger partial charge on any atom is -0.329 e. The lowest BCUT2D eigenvalue weighted by molar-refractivity contribution is 0.0593. The number of hydrogen-bond acceptors (Lipinski definition) is 2. The van der Waals surface area contributed by atoms with Gasteiger partial charge in [0.2, 0.25) is 0 Å². The zero-order valence-electron chi connectivity index (χ0n) is 12.1. The van der Waals surface area contributed by atoms with Gasteiger partial charge in [0.15, 0.2) is 0 Å². The molecule has 17 heavy (non-hydrogen) atoms. The molecule has 100 valence electrons. The fraction of sp³-hybridized carbons (Fsp3) is 1.00. The molecule has 0 heterocycles. The van der Waals surface area contributed by atoms with Crippen molar-refractivity contribution in [1.82, 2.24) is 4.90 Å². The van der Waals surface area contributed by atoms with E-state index < -0.39 is 0 Å². The van der Waals surface area contributed by atoms with Crippen molar-refractivity contribution in [2.75, 3.05) is 19.6 Å². The summed E-state index contributed by atoms with van der Waals surface area (Å²) in [6.45, 7) is 12.8. The standard InChI is InChI=1S/C15H30N2/c1-5-17(9-13-6-7-13)15(11-16)10-14(3,4)8-12(15)2/h12-13H,5-11,16H2,1-4H3. The Labute approximate surface area is 107 Å². The molecule has 0 aromatic carbocycles. The highest BCUT2D eigenvalue weighted by Crippen LogP contribution is 2.50. The molecule has 0 bridgehead atoms. The van der Waals surface area contributed by atoms with E-state index in [4.69, 9.17) is 5.73 Å². The zero-order valence-corrected chi connectivity index (χ0v) is 12.1. The highest BCUT2D eigenvalue weighted by Gasteiger charge is 2.51. The molecule has 0 radical (unpaired) electrons. The predicted molar refractivity (Wildman–Crippen MR) is 73.9 cm³/mol. The Morgan fingerprint density at radius 1 is 1.29 bits per heavy atom. The van der Waals surface area contributed by atoms with E-state index in [2.05, 4.69) is 32.6 Å². The normalized spacial score (nSPS) is 36.7. The van der Waals surface area contributed by atoms with Crippen LogP contribution in [0.25, 0.3) is 0 Å². The summed E-state index contributed by atoms with van der Waals surface area (Å²) in [7, 11) is 0. The van der Waals surface area contributed by atoms with Gasteiger partial charge in [-0.3, -0.25) is 4.90 Å². The summed E-state index contributed by atoms with van der Waals surface area (Å²) in [6.07, 6.45) is 5.48. The molecule has 0 spiro atoms. The molecule has 0 amide bonds. The highest BCUT2D eigenvalue weighted by molar-refractivity contribution is 5.06. The molecule has 2 aliphatic rings. The number of nitrogens with two attached hydrogens (primary N) is 1. The van der Waals surface area contributed by atoms with Gasteiger partial charge in [-0.1, -0.05) is 27.7 Å². The van der Waals surface area contributed by atoms with Gasteiger partial charge in [0.25, 0.3) is 0 Å². The van der Waals surface area contributed by atoms with Crippen LogP contribution < -0.4 is 5.73 Å². The minimum absolute atomic E-state index is 0.279. The van der Waals surface area contributed by atoms with E-state index in [0.717, 1.165) is 24.9 Å². The van der Waals surface area contributed by atoms with Crippen LogP contribution in [-0.2, 0) is 0 Å². The molecule has 2 heteroatoms. The van der Waals surface area contributed by atoms with Crippen molar-refractivity contribution in [3.63, 3.8) is 0 Å². The number of hydrogen-bond donors (Lipinski definition) is 1. The van der Waals surface area contributed by atoms with Gasteiger partial charge in [0.1, 0.15) is 0 Å². The molecular weight excluding hydrogens is 208 g/mol. The maximum absolute atomic E-state index is 6.21. The molecule has 0 aliphatic heterocycles. The Kier molecular flexibility index (Phi) is 3.57. The first kappa shape index (κ1) is 13.4. The zero-order chi connectivity index (χ0) is 12.7. The molecule has 2 unspecified atom stereocenters. The first-order valence-corrected chi connectivity index (χ1v) is 7.38. The summed E-state index contributed by atoms with van der Waals surface area (Å²) in [5.74, 6) is 1.70. The first-order chi connectivity index (χ1) is 7.93. The monoisotopic (exact) mass is 238 g/mol. The van der Waals surface area contributed by atoms with Crippen LogP contribution in [0.4, 0.5) is 0 Å². The SMILES string of the molecule is CCN(CC1CC1)C1(CN)CC(C)(C)CC1C. The van der Waals surface area contributed by atoms with Crippen LogP contribution in [0.5, 0.6) is 0 Å². The summed E-state index contributed by atoms with van der Waals surface area (Å²) in [5.41, 5.74) is 6.96. The van der Waals surface area contributed by atoms with Crippen LogP contribution in [0.15, 0.2) is 0 Å². The third kappa shape index (κ3) is 2.53. The Bertz CT molecular complexity index is 270. The van der Waals surface area contributed by atoms with Crippen molar-refractivity contribution < 1.29 is 0 Å². The summed E-state index contributed by atoms with van der Waals surface area (Å²) >= 11 is 0. The van der Waals surface area contributed by atoms with E-state index in [1.54, 1.807) is 0 Å². The smallest absolute Gasteiger partial charge is 0.0362 e. The molecule has 2 aliphatic carbocycles. The third-order valence-electron chi connectivity index (χ3n) is 5.10. The molecule has 2 atom stereocenters. The Morgan fingerprint density at radius 3 is 2.29 bits per heavy atom. The van der Waals surface area contributed by atoms with E-state index in [1.807, 2.05) is 0 Å². The van der Waals surface area contributed by atoms with Crippen LogP contribution in [0, 0.1) is 17.3 Å². The van der Waals surface area contributed by atoms with Gasteiger partial charge < -0.3 is 5.73 Å². The van der Waals surface area contributed by atoms with Crippen molar-refractivity contribution >= 4 is 0 Å². The van der Waals surface area contributed by atoms with E-state index in [-0.39, 0.29) is 5.54 Å². The molecule has 2 fully saturated rings. The second-order valence-corrected chi connectivity index (χ2v) is 7.24. The molecule has 0 saturated heterocycles. The van der Waals surface area contributed by atoms with Crippen LogP contribution >= 0.6 is 0 Å². The van der Waals surface area contributed by atoms with Crippen molar-refractivity contribution in [2.24, 2.45) is 23.0 Å². The Hall–Kier alpha value is -0.0800. The van der Waals surface area contributed by atoms with Crippen LogP contribution in [0.2, 0.25) is 0 Å². The summed E-state index contributed by atoms with van der Waals surface area (Å²) in [6, 6.07) is 0. The summed E-state index contributed by atoms with van der Waals surface area (Å²) < 4.78 is 0. The van der Waals surface area contributed by atoms with Gasteiger partial charge in [0, 0.05) is 18.6 Å². The molecular formula is C15H30N2. The second kappa shape index (κ2) is 4.55. The third-order valence-corrected chi connectivity index (χ3v) is 5.10. The lowest BCUT2D eigenvalue weighted by Crippen LogP contribution is -2.56. The Balaban J connectivity index is 2.16. The van der Waals surface area contributed by atoms with Gasteiger partial charge in [-0.25, -0.2) is 0 Å². The van der Waals surface area contributed by atoms with Crippen LogP contribution in [0.3, 0.4) is 0 Å². The van der Waals surface area contributed by atoms with Crippen molar-refractivity contribution in [3.8, 4) is 0 Å². The lowest BCUT2D eigenvalue weighted by Gasteiger charge is -2.44. The van der Waals surface area contributed by atoms with Gasteiger partial charge in [-0.15, -0.1) is 0 Å². The molecule has 2 saturated carbocycles. The first-order valence-electron chi connectivity index (χ1n) is 7.38. The fourth-order valence-corrected chi connectivity index (χ4v) is 4.16. The van der Waals surface area contributed by atoms with E-state index in [1.165, 1.54) is 32.2 Å². The highest BCUT2D eigenvalue weighted by atomic mass is 15.2. The molecule has 2 nitrogen and oxygen atoms in total. The van der Waals surface area contributed by atoms with Crippen LogP contribution in [0.1, 0.15) is 53.4 Å². The quantitative estimate of drug-likeness (QED) is 0.798. The largest absolute Gasteiger partial charge is 0.329 e.